The Morgan fingerprint density at radius 3 is 1.49 bits per heavy atom. The molecule has 1 nitrogen and oxygen atoms in total. The summed E-state index contributed by atoms with van der Waals surface area (Å²) < 4.78 is 6.48. The van der Waals surface area contributed by atoms with E-state index >= 15 is 0 Å². The lowest BCUT2D eigenvalue weighted by molar-refractivity contribution is 0.484. The first kappa shape index (κ1) is 24.5. The highest BCUT2D eigenvalue weighted by Crippen LogP contribution is 2.38. The predicted molar refractivity (Wildman–Crippen MR) is 164 cm³/mol. The van der Waals surface area contributed by atoms with Crippen LogP contribution in [0, 0.1) is 13.8 Å². The van der Waals surface area contributed by atoms with Crippen molar-refractivity contribution in [3.63, 3.8) is 0 Å². The molecule has 6 aromatic rings. The summed E-state index contributed by atoms with van der Waals surface area (Å²) in [6.07, 6.45) is 0. The van der Waals surface area contributed by atoms with Gasteiger partial charge in [-0.15, -0.1) is 0 Å². The summed E-state index contributed by atoms with van der Waals surface area (Å²) in [5, 5.41) is 0. The molecule has 39 heavy (non-hydrogen) atoms. The highest BCUT2D eigenvalue weighted by molar-refractivity contribution is 5.81. The van der Waals surface area contributed by atoms with Crippen LogP contribution in [0.15, 0.2) is 146 Å². The molecule has 0 atom stereocenters. The van der Waals surface area contributed by atoms with Crippen molar-refractivity contribution in [2.45, 2.75) is 13.8 Å². The van der Waals surface area contributed by atoms with E-state index in [9.17, 15) is 0 Å². The van der Waals surface area contributed by atoms with Crippen LogP contribution in [0.25, 0.3) is 44.5 Å². The van der Waals surface area contributed by atoms with Gasteiger partial charge in [-0.05, 0) is 88.7 Å². The fourth-order valence-corrected chi connectivity index (χ4v) is 4.96. The molecular formula is C38H30O. The quantitative estimate of drug-likeness (QED) is 0.220. The second kappa shape index (κ2) is 10.8. The first-order chi connectivity index (χ1) is 19.1. The fraction of sp³-hybridized carbons (Fsp3) is 0.0526. The van der Waals surface area contributed by atoms with Crippen LogP contribution >= 0.6 is 0 Å². The Bertz CT molecular complexity index is 1700. The molecule has 0 fully saturated rings. The number of hydrogen-bond donors (Lipinski definition) is 0. The lowest BCUT2D eigenvalue weighted by Crippen LogP contribution is -1.91. The van der Waals surface area contributed by atoms with Crippen molar-refractivity contribution < 1.29 is 4.74 Å². The topological polar surface area (TPSA) is 9.23 Å². The lowest BCUT2D eigenvalue weighted by atomic mass is 9.93. The van der Waals surface area contributed by atoms with Crippen molar-refractivity contribution in [2.75, 3.05) is 0 Å². The molecule has 0 aliphatic carbocycles. The van der Waals surface area contributed by atoms with Crippen molar-refractivity contribution in [3.05, 3.63) is 157 Å². The van der Waals surface area contributed by atoms with Crippen LogP contribution in [0.1, 0.15) is 11.1 Å². The second-order valence-corrected chi connectivity index (χ2v) is 9.97. The minimum Gasteiger partial charge on any atom is -0.457 e. The molecule has 0 saturated heterocycles. The molecule has 0 unspecified atom stereocenters. The number of aryl methyl sites for hydroxylation is 2. The smallest absolute Gasteiger partial charge is 0.135 e. The zero-order chi connectivity index (χ0) is 26.6. The standard InChI is InChI=1S/C38H30O/c1-27-13-16-29(17-14-27)30-19-22-35(23-20-30)39-38-24-21-34(26-37(38)32-11-7-4-8-12-32)33-18-15-28(2)36(25-33)31-9-5-3-6-10-31/h3-26H,1-2H3. The van der Waals surface area contributed by atoms with Gasteiger partial charge in [0.1, 0.15) is 11.5 Å². The van der Waals surface area contributed by atoms with Crippen molar-refractivity contribution in [3.8, 4) is 56.0 Å². The van der Waals surface area contributed by atoms with Gasteiger partial charge in [0.15, 0.2) is 0 Å². The lowest BCUT2D eigenvalue weighted by Gasteiger charge is -2.15. The number of rotatable bonds is 6. The fourth-order valence-electron chi connectivity index (χ4n) is 4.96. The third-order valence-electron chi connectivity index (χ3n) is 7.19. The van der Waals surface area contributed by atoms with Crippen molar-refractivity contribution in [2.24, 2.45) is 0 Å². The van der Waals surface area contributed by atoms with Crippen LogP contribution in [0.3, 0.4) is 0 Å². The maximum atomic E-state index is 6.48. The molecule has 188 valence electrons. The zero-order valence-corrected chi connectivity index (χ0v) is 22.3. The Balaban J connectivity index is 1.36. The van der Waals surface area contributed by atoms with E-state index in [0.717, 1.165) is 28.2 Å². The third kappa shape index (κ3) is 5.39. The van der Waals surface area contributed by atoms with E-state index < -0.39 is 0 Å². The molecule has 0 bridgehead atoms. The van der Waals surface area contributed by atoms with Gasteiger partial charge in [0.05, 0.1) is 0 Å². The average Bonchev–Trinajstić information content (AvgIpc) is 2.99. The molecule has 0 N–H and O–H groups in total. The van der Waals surface area contributed by atoms with E-state index in [1.807, 2.05) is 18.2 Å². The first-order valence-corrected chi connectivity index (χ1v) is 13.3. The van der Waals surface area contributed by atoms with E-state index in [4.69, 9.17) is 4.74 Å². The Labute approximate surface area is 231 Å². The van der Waals surface area contributed by atoms with Gasteiger partial charge in [0.25, 0.3) is 0 Å². The number of ether oxygens (including phenoxy) is 1. The van der Waals surface area contributed by atoms with Crippen LogP contribution in [0.5, 0.6) is 11.5 Å². The van der Waals surface area contributed by atoms with E-state index in [0.29, 0.717) is 0 Å². The van der Waals surface area contributed by atoms with Gasteiger partial charge in [-0.1, -0.05) is 121 Å². The minimum atomic E-state index is 0.817. The van der Waals surface area contributed by atoms with E-state index in [-0.39, 0.29) is 0 Å². The number of benzene rings is 6. The molecule has 0 aromatic heterocycles. The maximum absolute atomic E-state index is 6.48. The Hall–Kier alpha value is -4.88. The van der Waals surface area contributed by atoms with E-state index in [1.165, 1.54) is 38.9 Å². The van der Waals surface area contributed by atoms with Gasteiger partial charge < -0.3 is 4.74 Å². The summed E-state index contributed by atoms with van der Waals surface area (Å²) in [4.78, 5) is 0. The summed E-state index contributed by atoms with van der Waals surface area (Å²) >= 11 is 0. The first-order valence-electron chi connectivity index (χ1n) is 13.3. The average molecular weight is 503 g/mol. The largest absolute Gasteiger partial charge is 0.457 e. The minimum absolute atomic E-state index is 0.817. The Kier molecular flexibility index (Phi) is 6.80. The van der Waals surface area contributed by atoms with Crippen LogP contribution in [0.4, 0.5) is 0 Å². The van der Waals surface area contributed by atoms with Gasteiger partial charge in [-0.2, -0.15) is 0 Å². The van der Waals surface area contributed by atoms with Crippen LogP contribution in [0.2, 0.25) is 0 Å². The molecule has 0 aliphatic heterocycles. The molecule has 0 saturated carbocycles. The summed E-state index contributed by atoms with van der Waals surface area (Å²) in [7, 11) is 0. The molecule has 0 spiro atoms. The summed E-state index contributed by atoms with van der Waals surface area (Å²) in [5.41, 5.74) is 11.9. The van der Waals surface area contributed by atoms with Crippen molar-refractivity contribution >= 4 is 0 Å². The molecular weight excluding hydrogens is 472 g/mol. The molecule has 6 rings (SSSR count). The van der Waals surface area contributed by atoms with Gasteiger partial charge in [-0.25, -0.2) is 0 Å². The van der Waals surface area contributed by atoms with Crippen molar-refractivity contribution in [1.29, 1.82) is 0 Å². The highest BCUT2D eigenvalue weighted by atomic mass is 16.5. The van der Waals surface area contributed by atoms with Gasteiger partial charge in [0, 0.05) is 5.56 Å². The van der Waals surface area contributed by atoms with Crippen LogP contribution < -0.4 is 4.74 Å². The predicted octanol–water partition coefficient (Wildman–Crippen LogP) is 10.8. The van der Waals surface area contributed by atoms with E-state index in [2.05, 4.69) is 141 Å². The van der Waals surface area contributed by atoms with Gasteiger partial charge in [0.2, 0.25) is 0 Å². The summed E-state index contributed by atoms with van der Waals surface area (Å²) in [6.45, 7) is 4.28. The summed E-state index contributed by atoms with van der Waals surface area (Å²) in [6, 6.07) is 51.2. The van der Waals surface area contributed by atoms with Gasteiger partial charge in [-0.3, -0.25) is 0 Å². The molecule has 1 heteroatoms. The van der Waals surface area contributed by atoms with Crippen LogP contribution in [-0.4, -0.2) is 0 Å². The third-order valence-corrected chi connectivity index (χ3v) is 7.19. The van der Waals surface area contributed by atoms with E-state index in [1.54, 1.807) is 0 Å². The number of hydrogen-bond acceptors (Lipinski definition) is 1. The van der Waals surface area contributed by atoms with Crippen molar-refractivity contribution in [1.82, 2.24) is 0 Å². The van der Waals surface area contributed by atoms with Gasteiger partial charge >= 0.3 is 0 Å². The van der Waals surface area contributed by atoms with Crippen LogP contribution in [-0.2, 0) is 0 Å². The molecule has 0 amide bonds. The monoisotopic (exact) mass is 502 g/mol. The highest BCUT2D eigenvalue weighted by Gasteiger charge is 2.12. The second-order valence-electron chi connectivity index (χ2n) is 9.97. The molecule has 0 aliphatic rings. The summed E-state index contributed by atoms with van der Waals surface area (Å²) in [5.74, 6) is 1.65. The normalized spacial score (nSPS) is 10.8. The zero-order valence-electron chi connectivity index (χ0n) is 22.3. The Morgan fingerprint density at radius 1 is 0.385 bits per heavy atom. The molecule has 0 heterocycles. The maximum Gasteiger partial charge on any atom is 0.135 e. The Morgan fingerprint density at radius 2 is 0.872 bits per heavy atom. The molecule has 0 radical (unpaired) electrons. The molecule has 6 aromatic carbocycles. The SMILES string of the molecule is Cc1ccc(-c2ccc(Oc3ccc(-c4ccc(C)c(-c5ccccc5)c4)cc3-c3ccccc3)cc2)cc1.